The Morgan fingerprint density at radius 1 is 1.47 bits per heavy atom. The van der Waals surface area contributed by atoms with Crippen LogP contribution in [0.4, 0.5) is 4.39 Å². The SMILES string of the molecule is CC(c1ccc(O)cc1F)N(C)CC1CCCCO1. The fraction of sp³-hybridized carbons (Fsp3) is 0.600. The molecule has 0 saturated carbocycles. The fourth-order valence-corrected chi connectivity index (χ4v) is 2.52. The highest BCUT2D eigenvalue weighted by molar-refractivity contribution is 5.29. The van der Waals surface area contributed by atoms with Crippen molar-refractivity contribution in [2.24, 2.45) is 0 Å². The van der Waals surface area contributed by atoms with Crippen molar-refractivity contribution in [3.8, 4) is 5.75 Å². The van der Waals surface area contributed by atoms with Crippen molar-refractivity contribution in [3.05, 3.63) is 29.6 Å². The van der Waals surface area contributed by atoms with Crippen molar-refractivity contribution in [1.82, 2.24) is 4.90 Å². The van der Waals surface area contributed by atoms with Crippen LogP contribution < -0.4 is 0 Å². The first kappa shape index (κ1) is 14.3. The van der Waals surface area contributed by atoms with Gasteiger partial charge < -0.3 is 9.84 Å². The summed E-state index contributed by atoms with van der Waals surface area (Å²) in [4.78, 5) is 2.10. The zero-order valence-corrected chi connectivity index (χ0v) is 11.6. The molecule has 1 heterocycles. The smallest absolute Gasteiger partial charge is 0.131 e. The number of benzene rings is 1. The number of likely N-dealkylation sites (N-methyl/N-ethyl adjacent to an activating group) is 1. The molecule has 0 bridgehead atoms. The van der Waals surface area contributed by atoms with Gasteiger partial charge in [0.15, 0.2) is 0 Å². The Morgan fingerprint density at radius 3 is 2.89 bits per heavy atom. The van der Waals surface area contributed by atoms with Gasteiger partial charge >= 0.3 is 0 Å². The van der Waals surface area contributed by atoms with Gasteiger partial charge in [0.05, 0.1) is 6.10 Å². The predicted molar refractivity (Wildman–Crippen MR) is 72.7 cm³/mol. The molecule has 4 heteroatoms. The molecule has 1 aromatic carbocycles. The summed E-state index contributed by atoms with van der Waals surface area (Å²) in [6.07, 6.45) is 3.68. The van der Waals surface area contributed by atoms with Crippen LogP contribution in [-0.2, 0) is 4.74 Å². The van der Waals surface area contributed by atoms with E-state index in [-0.39, 0.29) is 23.7 Å². The second-order valence-electron chi connectivity index (χ2n) is 5.31. The number of hydrogen-bond donors (Lipinski definition) is 1. The van der Waals surface area contributed by atoms with E-state index in [9.17, 15) is 9.50 Å². The van der Waals surface area contributed by atoms with E-state index in [1.165, 1.54) is 12.5 Å². The summed E-state index contributed by atoms with van der Waals surface area (Å²) in [5.74, 6) is -0.393. The van der Waals surface area contributed by atoms with Crippen LogP contribution in [-0.4, -0.2) is 36.3 Å². The summed E-state index contributed by atoms with van der Waals surface area (Å²) >= 11 is 0. The number of phenolic OH excluding ortho intramolecular Hbond substituents is 1. The first-order chi connectivity index (χ1) is 9.08. The monoisotopic (exact) mass is 267 g/mol. The summed E-state index contributed by atoms with van der Waals surface area (Å²) < 4.78 is 19.5. The highest BCUT2D eigenvalue weighted by atomic mass is 19.1. The Kier molecular flexibility index (Phi) is 4.77. The Labute approximate surface area is 114 Å². The second kappa shape index (κ2) is 6.35. The van der Waals surface area contributed by atoms with E-state index < -0.39 is 0 Å². The maximum absolute atomic E-state index is 13.8. The number of aromatic hydroxyl groups is 1. The van der Waals surface area contributed by atoms with Gasteiger partial charge in [-0.05, 0) is 39.3 Å². The third-order valence-corrected chi connectivity index (χ3v) is 3.86. The van der Waals surface area contributed by atoms with E-state index in [1.54, 1.807) is 6.07 Å². The summed E-state index contributed by atoms with van der Waals surface area (Å²) in [6.45, 7) is 3.61. The molecule has 1 N–H and O–H groups in total. The van der Waals surface area contributed by atoms with Gasteiger partial charge in [-0.1, -0.05) is 6.07 Å². The van der Waals surface area contributed by atoms with Gasteiger partial charge in [-0.25, -0.2) is 4.39 Å². The molecular weight excluding hydrogens is 245 g/mol. The Bertz CT molecular complexity index is 419. The van der Waals surface area contributed by atoms with Crippen LogP contribution in [0.15, 0.2) is 18.2 Å². The van der Waals surface area contributed by atoms with Gasteiger partial charge in [-0.2, -0.15) is 0 Å². The first-order valence-electron chi connectivity index (χ1n) is 6.88. The number of hydrogen-bond acceptors (Lipinski definition) is 3. The molecule has 106 valence electrons. The summed E-state index contributed by atoms with van der Waals surface area (Å²) in [5, 5.41) is 9.25. The maximum atomic E-state index is 13.8. The molecule has 0 spiro atoms. The second-order valence-corrected chi connectivity index (χ2v) is 5.31. The lowest BCUT2D eigenvalue weighted by atomic mass is 10.0. The minimum atomic E-state index is -0.357. The lowest BCUT2D eigenvalue weighted by Gasteiger charge is -2.31. The zero-order chi connectivity index (χ0) is 13.8. The quantitative estimate of drug-likeness (QED) is 0.910. The predicted octanol–water partition coefficient (Wildman–Crippen LogP) is 3.09. The van der Waals surface area contributed by atoms with Gasteiger partial charge in [-0.15, -0.1) is 0 Å². The summed E-state index contributed by atoms with van der Waals surface area (Å²) in [6, 6.07) is 4.30. The van der Waals surface area contributed by atoms with Crippen LogP contribution in [0, 0.1) is 5.82 Å². The van der Waals surface area contributed by atoms with E-state index in [4.69, 9.17) is 4.74 Å². The number of nitrogens with zero attached hydrogens (tertiary/aromatic N) is 1. The van der Waals surface area contributed by atoms with Gasteiger partial charge in [0, 0.05) is 30.8 Å². The van der Waals surface area contributed by atoms with Crippen LogP contribution in [0.2, 0.25) is 0 Å². The van der Waals surface area contributed by atoms with E-state index in [1.807, 2.05) is 14.0 Å². The molecule has 0 aromatic heterocycles. The number of rotatable bonds is 4. The molecule has 1 aliphatic rings. The molecule has 0 aliphatic carbocycles. The molecule has 2 atom stereocenters. The van der Waals surface area contributed by atoms with Gasteiger partial charge in [0.2, 0.25) is 0 Å². The molecule has 1 fully saturated rings. The molecule has 1 saturated heterocycles. The molecular formula is C15H22FNO2. The lowest BCUT2D eigenvalue weighted by Crippen LogP contribution is -2.35. The molecule has 3 nitrogen and oxygen atoms in total. The fourth-order valence-electron chi connectivity index (χ4n) is 2.52. The standard InChI is InChI=1S/C15H22FNO2/c1-11(14-7-6-12(18)9-15(14)16)17(2)10-13-5-3-4-8-19-13/h6-7,9,11,13,18H,3-5,8,10H2,1-2H3. The molecule has 2 unspecified atom stereocenters. The van der Waals surface area contributed by atoms with Crippen molar-refractivity contribution >= 4 is 0 Å². The Morgan fingerprint density at radius 2 is 2.26 bits per heavy atom. The minimum absolute atomic E-state index is 0.0354. The number of halogens is 1. The molecule has 1 aliphatic heterocycles. The van der Waals surface area contributed by atoms with Gasteiger partial charge in [0.25, 0.3) is 0 Å². The topological polar surface area (TPSA) is 32.7 Å². The van der Waals surface area contributed by atoms with E-state index in [2.05, 4.69) is 4.90 Å². The van der Waals surface area contributed by atoms with Gasteiger partial charge in [-0.3, -0.25) is 4.90 Å². The Balaban J connectivity index is 1.99. The normalized spacial score (nSPS) is 21.6. The van der Waals surface area contributed by atoms with Crippen LogP contribution in [0.5, 0.6) is 5.75 Å². The van der Waals surface area contributed by atoms with Crippen LogP contribution >= 0.6 is 0 Å². The Hall–Kier alpha value is -1.13. The average Bonchev–Trinajstić information content (AvgIpc) is 2.39. The minimum Gasteiger partial charge on any atom is -0.508 e. The van der Waals surface area contributed by atoms with Crippen molar-refractivity contribution < 1.29 is 14.2 Å². The molecule has 19 heavy (non-hydrogen) atoms. The maximum Gasteiger partial charge on any atom is 0.131 e. The zero-order valence-electron chi connectivity index (χ0n) is 11.6. The summed E-state index contributed by atoms with van der Waals surface area (Å²) in [5.41, 5.74) is 0.608. The molecule has 1 aromatic rings. The van der Waals surface area contributed by atoms with Crippen molar-refractivity contribution in [1.29, 1.82) is 0 Å². The highest BCUT2D eigenvalue weighted by Crippen LogP contribution is 2.26. The largest absolute Gasteiger partial charge is 0.508 e. The van der Waals surface area contributed by atoms with Crippen molar-refractivity contribution in [3.63, 3.8) is 0 Å². The molecule has 2 rings (SSSR count). The van der Waals surface area contributed by atoms with E-state index in [0.717, 1.165) is 32.1 Å². The number of ether oxygens (including phenoxy) is 1. The lowest BCUT2D eigenvalue weighted by molar-refractivity contribution is -0.00736. The van der Waals surface area contributed by atoms with Crippen LogP contribution in [0.25, 0.3) is 0 Å². The van der Waals surface area contributed by atoms with E-state index in [0.29, 0.717) is 5.56 Å². The average molecular weight is 267 g/mol. The molecule has 0 radical (unpaired) electrons. The highest BCUT2D eigenvalue weighted by Gasteiger charge is 2.21. The van der Waals surface area contributed by atoms with Crippen LogP contribution in [0.1, 0.15) is 37.8 Å². The third kappa shape index (κ3) is 3.67. The van der Waals surface area contributed by atoms with Gasteiger partial charge in [0.1, 0.15) is 11.6 Å². The third-order valence-electron chi connectivity index (χ3n) is 3.86. The molecule has 0 amide bonds. The first-order valence-corrected chi connectivity index (χ1v) is 6.88. The summed E-state index contributed by atoms with van der Waals surface area (Å²) in [7, 11) is 1.98. The van der Waals surface area contributed by atoms with Crippen molar-refractivity contribution in [2.75, 3.05) is 20.2 Å². The van der Waals surface area contributed by atoms with Crippen LogP contribution in [0.3, 0.4) is 0 Å². The van der Waals surface area contributed by atoms with Crippen molar-refractivity contribution in [2.45, 2.75) is 38.3 Å². The number of phenols is 1. The van der Waals surface area contributed by atoms with E-state index >= 15 is 0 Å².